The van der Waals surface area contributed by atoms with Gasteiger partial charge in [0.2, 0.25) is 5.91 Å². The van der Waals surface area contributed by atoms with Gasteiger partial charge in [-0.25, -0.2) is 9.97 Å². The zero-order chi connectivity index (χ0) is 14.3. The number of likely N-dealkylation sites (tertiary alicyclic amines) is 2. The molecule has 0 aromatic carbocycles. The van der Waals surface area contributed by atoms with Gasteiger partial charge in [-0.15, -0.1) is 0 Å². The lowest BCUT2D eigenvalue weighted by molar-refractivity contribution is -0.130. The van der Waals surface area contributed by atoms with Gasteiger partial charge in [-0.3, -0.25) is 9.59 Å². The summed E-state index contributed by atoms with van der Waals surface area (Å²) in [7, 11) is 1.78. The molecule has 2 aliphatic heterocycles. The largest absolute Gasteiger partial charge is 0.343 e. The highest BCUT2D eigenvalue weighted by atomic mass is 35.5. The molecule has 7 heteroatoms. The van der Waals surface area contributed by atoms with E-state index in [2.05, 4.69) is 9.97 Å². The fourth-order valence-corrected chi connectivity index (χ4v) is 3.27. The van der Waals surface area contributed by atoms with Crippen molar-refractivity contribution in [3.63, 3.8) is 0 Å². The summed E-state index contributed by atoms with van der Waals surface area (Å²) in [5.41, 5.74) is 0.212. The van der Waals surface area contributed by atoms with Gasteiger partial charge in [-0.1, -0.05) is 11.6 Å². The summed E-state index contributed by atoms with van der Waals surface area (Å²) >= 11 is 5.99. The first-order chi connectivity index (χ1) is 9.59. The molecule has 3 rings (SSSR count). The number of carbonyl (C=O) groups is 2. The Labute approximate surface area is 121 Å². The van der Waals surface area contributed by atoms with E-state index in [1.54, 1.807) is 16.8 Å². The molecule has 0 unspecified atom stereocenters. The fraction of sp³-hybridized carbons (Fsp3) is 0.538. The number of fused-ring (bicyclic) bond motifs is 1. The molecular weight excluding hydrogens is 280 g/mol. The molecule has 2 fully saturated rings. The topological polar surface area (TPSA) is 66.4 Å². The third-order valence-corrected chi connectivity index (χ3v) is 4.34. The van der Waals surface area contributed by atoms with Crippen LogP contribution in [0.25, 0.3) is 0 Å². The van der Waals surface area contributed by atoms with Gasteiger partial charge in [-0.2, -0.15) is 0 Å². The zero-order valence-electron chi connectivity index (χ0n) is 11.1. The monoisotopic (exact) mass is 294 g/mol. The summed E-state index contributed by atoms with van der Waals surface area (Å²) in [6.07, 6.45) is 4.39. The Morgan fingerprint density at radius 3 is 3.05 bits per heavy atom. The Morgan fingerprint density at radius 1 is 1.50 bits per heavy atom. The number of hydrogen-bond acceptors (Lipinski definition) is 4. The summed E-state index contributed by atoms with van der Waals surface area (Å²) in [6, 6.07) is -0.0696. The molecule has 0 N–H and O–H groups in total. The number of aromatic nitrogens is 2. The van der Waals surface area contributed by atoms with Crippen LogP contribution in [-0.2, 0) is 4.79 Å². The lowest BCUT2D eigenvalue weighted by Crippen LogP contribution is -2.49. The first kappa shape index (κ1) is 13.3. The van der Waals surface area contributed by atoms with E-state index in [0.29, 0.717) is 13.1 Å². The second-order valence-electron chi connectivity index (χ2n) is 5.25. The summed E-state index contributed by atoms with van der Waals surface area (Å²) in [5, 5.41) is 0.248. The molecular formula is C13H15ClN4O2. The number of piperidine rings is 1. The first-order valence-electron chi connectivity index (χ1n) is 6.61. The third-order valence-electron chi connectivity index (χ3n) is 4.06. The van der Waals surface area contributed by atoms with Crippen molar-refractivity contribution in [1.82, 2.24) is 19.8 Å². The van der Waals surface area contributed by atoms with Gasteiger partial charge in [0, 0.05) is 26.3 Å². The summed E-state index contributed by atoms with van der Waals surface area (Å²) in [5.74, 6) is -0.171. The minimum absolute atomic E-state index is 0.0696. The molecule has 0 radical (unpaired) electrons. The van der Waals surface area contributed by atoms with Gasteiger partial charge in [0.1, 0.15) is 12.0 Å². The van der Waals surface area contributed by atoms with E-state index in [1.807, 2.05) is 0 Å². The predicted octanol–water partition coefficient (Wildman–Crippen LogP) is 0.823. The van der Waals surface area contributed by atoms with Crippen LogP contribution in [0, 0.1) is 5.92 Å². The molecule has 1 aromatic rings. The number of nitrogens with zero attached hydrogens (tertiary/aromatic N) is 4. The van der Waals surface area contributed by atoms with Gasteiger partial charge >= 0.3 is 0 Å². The molecule has 3 heterocycles. The Bertz CT molecular complexity index is 565. The predicted molar refractivity (Wildman–Crippen MR) is 72.2 cm³/mol. The van der Waals surface area contributed by atoms with Crippen LogP contribution in [0.4, 0.5) is 0 Å². The van der Waals surface area contributed by atoms with Gasteiger partial charge in [0.05, 0.1) is 17.0 Å². The number of amides is 2. The average Bonchev–Trinajstić information content (AvgIpc) is 2.74. The highest BCUT2D eigenvalue weighted by molar-refractivity contribution is 6.33. The molecule has 0 aliphatic carbocycles. The minimum Gasteiger partial charge on any atom is -0.343 e. The number of carbonyl (C=O) groups excluding carboxylic acids is 2. The Hall–Kier alpha value is -1.69. The molecule has 0 bridgehead atoms. The van der Waals surface area contributed by atoms with Crippen LogP contribution in [-0.4, -0.2) is 57.8 Å². The van der Waals surface area contributed by atoms with Gasteiger partial charge in [0.15, 0.2) is 0 Å². The smallest absolute Gasteiger partial charge is 0.274 e. The Kier molecular flexibility index (Phi) is 3.33. The van der Waals surface area contributed by atoms with E-state index in [9.17, 15) is 9.59 Å². The molecule has 20 heavy (non-hydrogen) atoms. The number of halogens is 1. The maximum absolute atomic E-state index is 12.6. The second-order valence-corrected chi connectivity index (χ2v) is 5.66. The average molecular weight is 295 g/mol. The van der Waals surface area contributed by atoms with Crippen LogP contribution in [0.3, 0.4) is 0 Å². The van der Waals surface area contributed by atoms with Crippen LogP contribution in [0.1, 0.15) is 23.3 Å². The molecule has 2 atom stereocenters. The van der Waals surface area contributed by atoms with Crippen LogP contribution < -0.4 is 0 Å². The minimum atomic E-state index is -0.213. The van der Waals surface area contributed by atoms with E-state index in [-0.39, 0.29) is 34.5 Å². The van der Waals surface area contributed by atoms with E-state index in [1.165, 1.54) is 12.5 Å². The van der Waals surface area contributed by atoms with Crippen molar-refractivity contribution in [1.29, 1.82) is 0 Å². The van der Waals surface area contributed by atoms with Crippen molar-refractivity contribution < 1.29 is 9.59 Å². The number of likely N-dealkylation sites (N-methyl/N-ethyl adjacent to an activating group) is 1. The van der Waals surface area contributed by atoms with Gasteiger partial charge in [0.25, 0.3) is 5.91 Å². The highest BCUT2D eigenvalue weighted by Gasteiger charge is 2.45. The summed E-state index contributed by atoms with van der Waals surface area (Å²) < 4.78 is 0. The Balaban J connectivity index is 1.88. The fourth-order valence-electron chi connectivity index (χ4n) is 3.08. The lowest BCUT2D eigenvalue weighted by atomic mass is 9.91. The van der Waals surface area contributed by atoms with E-state index in [0.717, 1.165) is 12.8 Å². The van der Waals surface area contributed by atoms with E-state index in [4.69, 9.17) is 11.6 Å². The van der Waals surface area contributed by atoms with Crippen molar-refractivity contribution in [3.8, 4) is 0 Å². The first-order valence-corrected chi connectivity index (χ1v) is 6.99. The molecule has 0 spiro atoms. The molecule has 2 amide bonds. The van der Waals surface area contributed by atoms with E-state index < -0.39 is 0 Å². The highest BCUT2D eigenvalue weighted by Crippen LogP contribution is 2.32. The van der Waals surface area contributed by atoms with Crippen LogP contribution in [0.15, 0.2) is 12.5 Å². The summed E-state index contributed by atoms with van der Waals surface area (Å²) in [6.45, 7) is 1.22. The normalized spacial score (nSPS) is 25.8. The van der Waals surface area contributed by atoms with Crippen molar-refractivity contribution in [3.05, 3.63) is 23.2 Å². The zero-order valence-corrected chi connectivity index (χ0v) is 11.9. The maximum Gasteiger partial charge on any atom is 0.274 e. The molecule has 0 saturated carbocycles. The van der Waals surface area contributed by atoms with Gasteiger partial charge < -0.3 is 9.80 Å². The molecule has 6 nitrogen and oxygen atoms in total. The Morgan fingerprint density at radius 2 is 2.30 bits per heavy atom. The number of rotatable bonds is 1. The summed E-state index contributed by atoms with van der Waals surface area (Å²) in [4.78, 5) is 35.8. The van der Waals surface area contributed by atoms with Crippen LogP contribution in [0.5, 0.6) is 0 Å². The van der Waals surface area contributed by atoms with Crippen molar-refractivity contribution in [2.24, 2.45) is 5.92 Å². The van der Waals surface area contributed by atoms with Crippen LogP contribution in [0.2, 0.25) is 5.02 Å². The maximum atomic E-state index is 12.6. The number of hydrogen-bond donors (Lipinski definition) is 0. The van der Waals surface area contributed by atoms with Crippen LogP contribution >= 0.6 is 11.6 Å². The third kappa shape index (κ3) is 2.04. The SMILES string of the molecule is CN1C[C@@H]2[C@@H](CCCN2C(=O)c2ncncc2Cl)C1=O. The second kappa shape index (κ2) is 5.01. The van der Waals surface area contributed by atoms with Crippen molar-refractivity contribution >= 4 is 23.4 Å². The van der Waals surface area contributed by atoms with Crippen molar-refractivity contribution in [2.45, 2.75) is 18.9 Å². The molecule has 106 valence electrons. The standard InChI is InChI=1S/C13H15ClN4O2/c1-17-6-10-8(12(17)19)3-2-4-18(10)13(20)11-9(14)5-15-7-16-11/h5,7-8,10H,2-4,6H2,1H3/t8-,10-/m1/s1. The quantitative estimate of drug-likeness (QED) is 0.769. The van der Waals surface area contributed by atoms with Crippen molar-refractivity contribution in [2.75, 3.05) is 20.1 Å². The van der Waals surface area contributed by atoms with Gasteiger partial charge in [-0.05, 0) is 12.8 Å². The molecule has 2 aliphatic rings. The lowest BCUT2D eigenvalue weighted by Gasteiger charge is -2.35. The molecule has 1 aromatic heterocycles. The molecule has 2 saturated heterocycles. The van der Waals surface area contributed by atoms with E-state index >= 15 is 0 Å².